The molecule has 0 saturated heterocycles. The van der Waals surface area contributed by atoms with Gasteiger partial charge in [-0.1, -0.05) is 133 Å². The second-order valence-corrected chi connectivity index (χ2v) is 12.2. The first-order chi connectivity index (χ1) is 23.8. The van der Waals surface area contributed by atoms with E-state index in [9.17, 15) is 0 Å². The molecule has 9 aromatic rings. The zero-order valence-corrected chi connectivity index (χ0v) is 26.3. The van der Waals surface area contributed by atoms with Gasteiger partial charge in [-0.3, -0.25) is 0 Å². The predicted octanol–water partition coefficient (Wildman–Crippen LogP) is 13.2. The van der Waals surface area contributed by atoms with Gasteiger partial charge < -0.3 is 9.32 Å². The number of benzene rings is 8. The fourth-order valence-electron chi connectivity index (χ4n) is 6.83. The van der Waals surface area contributed by atoms with Crippen LogP contribution in [0, 0.1) is 0 Å². The number of para-hydroxylation sites is 1. The average molecular weight is 614 g/mol. The van der Waals surface area contributed by atoms with Crippen LogP contribution in [-0.4, -0.2) is 0 Å². The number of hydrogen-bond acceptors (Lipinski definition) is 2. The molecule has 0 saturated carbocycles. The lowest BCUT2D eigenvalue weighted by molar-refractivity contribution is 0.631. The van der Waals surface area contributed by atoms with Gasteiger partial charge in [0.2, 0.25) is 0 Å². The molecular formula is C46H31NO. The van der Waals surface area contributed by atoms with Crippen molar-refractivity contribution in [3.05, 3.63) is 188 Å². The van der Waals surface area contributed by atoms with Gasteiger partial charge in [-0.2, -0.15) is 0 Å². The Kier molecular flexibility index (Phi) is 6.84. The summed E-state index contributed by atoms with van der Waals surface area (Å²) in [6.45, 7) is 0. The van der Waals surface area contributed by atoms with E-state index < -0.39 is 0 Å². The van der Waals surface area contributed by atoms with Crippen molar-refractivity contribution in [2.45, 2.75) is 0 Å². The van der Waals surface area contributed by atoms with Crippen LogP contribution < -0.4 is 4.90 Å². The van der Waals surface area contributed by atoms with E-state index in [1.165, 1.54) is 32.7 Å². The zero-order valence-electron chi connectivity index (χ0n) is 26.3. The van der Waals surface area contributed by atoms with Crippen molar-refractivity contribution in [2.75, 3.05) is 4.90 Å². The van der Waals surface area contributed by atoms with E-state index in [2.05, 4.69) is 175 Å². The summed E-state index contributed by atoms with van der Waals surface area (Å²) in [5.74, 6) is 0.878. The summed E-state index contributed by atoms with van der Waals surface area (Å²) in [4.78, 5) is 2.36. The number of furan rings is 1. The lowest BCUT2D eigenvalue weighted by atomic mass is 9.97. The van der Waals surface area contributed by atoms with Crippen molar-refractivity contribution < 1.29 is 4.42 Å². The molecule has 48 heavy (non-hydrogen) atoms. The zero-order chi connectivity index (χ0) is 31.9. The maximum atomic E-state index is 6.18. The molecule has 0 aliphatic carbocycles. The molecule has 0 spiro atoms. The largest absolute Gasteiger partial charge is 0.456 e. The first kappa shape index (κ1) is 27.9. The van der Waals surface area contributed by atoms with E-state index in [4.69, 9.17) is 4.42 Å². The third-order valence-electron chi connectivity index (χ3n) is 9.23. The Morgan fingerprint density at radius 2 is 0.979 bits per heavy atom. The number of rotatable bonds is 6. The van der Waals surface area contributed by atoms with Gasteiger partial charge in [0.05, 0.1) is 0 Å². The number of anilines is 3. The smallest absolute Gasteiger partial charge is 0.135 e. The molecule has 2 nitrogen and oxygen atoms in total. The molecule has 0 amide bonds. The van der Waals surface area contributed by atoms with Gasteiger partial charge in [0.15, 0.2) is 0 Å². The topological polar surface area (TPSA) is 16.4 Å². The molecule has 0 atom stereocenters. The van der Waals surface area contributed by atoms with Gasteiger partial charge >= 0.3 is 0 Å². The van der Waals surface area contributed by atoms with Crippen molar-refractivity contribution in [3.8, 4) is 33.6 Å². The molecule has 2 heteroatoms. The van der Waals surface area contributed by atoms with E-state index in [1.807, 2.05) is 18.2 Å². The van der Waals surface area contributed by atoms with E-state index in [0.717, 1.165) is 50.5 Å². The first-order valence-electron chi connectivity index (χ1n) is 16.3. The molecule has 0 N–H and O–H groups in total. The molecule has 0 radical (unpaired) electrons. The minimum absolute atomic E-state index is 0.878. The Bertz CT molecular complexity index is 2540. The summed E-state index contributed by atoms with van der Waals surface area (Å²) < 4.78 is 6.18. The van der Waals surface area contributed by atoms with Crippen molar-refractivity contribution in [1.82, 2.24) is 0 Å². The van der Waals surface area contributed by atoms with E-state index >= 15 is 0 Å². The molecule has 0 aliphatic rings. The third-order valence-corrected chi connectivity index (χ3v) is 9.23. The van der Waals surface area contributed by atoms with Crippen LogP contribution in [0.25, 0.3) is 66.1 Å². The van der Waals surface area contributed by atoms with Gasteiger partial charge in [-0.05, 0) is 98.4 Å². The number of nitrogens with zero attached hydrogens (tertiary/aromatic N) is 1. The van der Waals surface area contributed by atoms with Gasteiger partial charge in [-0.15, -0.1) is 0 Å². The Morgan fingerprint density at radius 1 is 0.333 bits per heavy atom. The Labute approximate surface area is 279 Å². The predicted molar refractivity (Wildman–Crippen MR) is 202 cm³/mol. The van der Waals surface area contributed by atoms with Crippen LogP contribution in [0.1, 0.15) is 0 Å². The Hall–Kier alpha value is -6.38. The molecule has 1 heterocycles. The molecule has 9 rings (SSSR count). The van der Waals surface area contributed by atoms with Gasteiger partial charge in [0, 0.05) is 28.0 Å². The fraction of sp³-hybridized carbons (Fsp3) is 0. The average Bonchev–Trinajstić information content (AvgIpc) is 3.60. The van der Waals surface area contributed by atoms with Crippen LogP contribution in [0.15, 0.2) is 192 Å². The normalized spacial score (nSPS) is 11.3. The summed E-state index contributed by atoms with van der Waals surface area (Å²) in [5, 5.41) is 6.05. The summed E-state index contributed by atoms with van der Waals surface area (Å²) in [5.41, 5.74) is 10.0. The van der Waals surface area contributed by atoms with E-state index in [1.54, 1.807) is 0 Å². The standard InChI is InChI=1S/C46H31NO/c1-2-12-36-29-42(27-24-32(36)10-1)47(41-18-8-16-37(30-41)44-20-9-14-34-11-3-5-19-43(34)44)40-25-22-33(23-26-40)35-15-7-17-38(28-35)46-31-39-13-4-6-21-45(39)48-46/h1-31H. The highest BCUT2D eigenvalue weighted by molar-refractivity contribution is 5.98. The fourth-order valence-corrected chi connectivity index (χ4v) is 6.83. The monoisotopic (exact) mass is 613 g/mol. The Balaban J connectivity index is 1.13. The van der Waals surface area contributed by atoms with Crippen molar-refractivity contribution in [1.29, 1.82) is 0 Å². The summed E-state index contributed by atoms with van der Waals surface area (Å²) in [7, 11) is 0. The van der Waals surface area contributed by atoms with Crippen molar-refractivity contribution >= 4 is 49.6 Å². The summed E-state index contributed by atoms with van der Waals surface area (Å²) >= 11 is 0. The lowest BCUT2D eigenvalue weighted by Crippen LogP contribution is -2.10. The van der Waals surface area contributed by atoms with Crippen LogP contribution >= 0.6 is 0 Å². The first-order valence-corrected chi connectivity index (χ1v) is 16.3. The Morgan fingerprint density at radius 3 is 1.85 bits per heavy atom. The van der Waals surface area contributed by atoms with Crippen molar-refractivity contribution in [3.63, 3.8) is 0 Å². The molecule has 226 valence electrons. The summed E-state index contributed by atoms with van der Waals surface area (Å²) in [6.07, 6.45) is 0. The highest BCUT2D eigenvalue weighted by Gasteiger charge is 2.16. The number of fused-ring (bicyclic) bond motifs is 3. The van der Waals surface area contributed by atoms with Gasteiger partial charge in [-0.25, -0.2) is 0 Å². The SMILES string of the molecule is c1cc(-c2ccc(N(c3cccc(-c4cccc5ccccc45)c3)c3ccc4ccccc4c3)cc2)cc(-c2cc3ccccc3o2)c1. The molecular weight excluding hydrogens is 583 g/mol. The molecule has 1 aromatic heterocycles. The highest BCUT2D eigenvalue weighted by Crippen LogP contribution is 2.40. The lowest BCUT2D eigenvalue weighted by Gasteiger charge is -2.26. The minimum atomic E-state index is 0.878. The molecule has 0 fully saturated rings. The second-order valence-electron chi connectivity index (χ2n) is 12.2. The molecule has 8 aromatic carbocycles. The molecule has 0 bridgehead atoms. The third kappa shape index (κ3) is 5.10. The summed E-state index contributed by atoms with van der Waals surface area (Å²) in [6, 6.07) is 67.0. The van der Waals surface area contributed by atoms with Crippen LogP contribution in [-0.2, 0) is 0 Å². The second kappa shape index (κ2) is 11.8. The van der Waals surface area contributed by atoms with Gasteiger partial charge in [0.1, 0.15) is 11.3 Å². The minimum Gasteiger partial charge on any atom is -0.456 e. The maximum Gasteiger partial charge on any atom is 0.135 e. The molecule has 0 aliphatic heterocycles. The van der Waals surface area contributed by atoms with Crippen LogP contribution in [0.5, 0.6) is 0 Å². The maximum absolute atomic E-state index is 6.18. The van der Waals surface area contributed by atoms with Gasteiger partial charge in [0.25, 0.3) is 0 Å². The molecule has 0 unspecified atom stereocenters. The quantitative estimate of drug-likeness (QED) is 0.185. The van der Waals surface area contributed by atoms with E-state index in [0.29, 0.717) is 0 Å². The van der Waals surface area contributed by atoms with Crippen LogP contribution in [0.3, 0.4) is 0 Å². The van der Waals surface area contributed by atoms with Crippen LogP contribution in [0.2, 0.25) is 0 Å². The van der Waals surface area contributed by atoms with Crippen molar-refractivity contribution in [2.24, 2.45) is 0 Å². The highest BCUT2D eigenvalue weighted by atomic mass is 16.3. The van der Waals surface area contributed by atoms with E-state index in [-0.39, 0.29) is 0 Å². The van der Waals surface area contributed by atoms with Crippen LogP contribution in [0.4, 0.5) is 17.1 Å². The number of hydrogen-bond donors (Lipinski definition) is 0.